The molecule has 0 radical (unpaired) electrons. The van der Waals surface area contributed by atoms with E-state index in [0.29, 0.717) is 16.5 Å². The van der Waals surface area contributed by atoms with Crippen LogP contribution in [0.5, 0.6) is 5.75 Å². The molecule has 1 N–H and O–H groups in total. The predicted molar refractivity (Wildman–Crippen MR) is 114 cm³/mol. The van der Waals surface area contributed by atoms with Gasteiger partial charge in [0.1, 0.15) is 11.6 Å². The summed E-state index contributed by atoms with van der Waals surface area (Å²) in [5.74, 6) is 5.18. The summed E-state index contributed by atoms with van der Waals surface area (Å²) in [6.45, 7) is -0.0865. The number of phenols is 1. The fraction of sp³-hybridized carbons (Fsp3) is 0.0870. The minimum Gasteiger partial charge on any atom is -0.507 e. The largest absolute Gasteiger partial charge is 0.507 e. The maximum atomic E-state index is 12.9. The Morgan fingerprint density at radius 2 is 1.81 bits per heavy atom. The van der Waals surface area contributed by atoms with Crippen molar-refractivity contribution >= 4 is 28.5 Å². The van der Waals surface area contributed by atoms with Gasteiger partial charge in [-0.05, 0) is 47.2 Å². The second kappa shape index (κ2) is 9.32. The van der Waals surface area contributed by atoms with Crippen molar-refractivity contribution in [3.05, 3.63) is 72.0 Å². The number of esters is 1. The van der Waals surface area contributed by atoms with Gasteiger partial charge in [-0.3, -0.25) is 0 Å². The lowest BCUT2D eigenvalue weighted by molar-refractivity contribution is 0.0556. The average Bonchev–Trinajstić information content (AvgIpc) is 3.24. The van der Waals surface area contributed by atoms with Gasteiger partial charge < -0.3 is 14.3 Å². The summed E-state index contributed by atoms with van der Waals surface area (Å²) in [4.78, 5) is 11.8. The monoisotopic (exact) mass is 434 g/mol. The third-order valence-electron chi connectivity index (χ3n) is 4.25. The Balaban J connectivity index is 1.31. The lowest BCUT2D eigenvalue weighted by atomic mass is 10.1. The van der Waals surface area contributed by atoms with Crippen molar-refractivity contribution in [2.24, 2.45) is 0 Å². The van der Waals surface area contributed by atoms with Crippen LogP contribution in [0.2, 0.25) is 0 Å². The lowest BCUT2D eigenvalue weighted by Crippen LogP contribution is -2.05. The number of aromatic hydroxyl groups is 1. The number of carbonyl (C=O) groups excluding carboxylic acids is 1. The van der Waals surface area contributed by atoms with Gasteiger partial charge in [-0.15, -0.1) is 10.2 Å². The summed E-state index contributed by atoms with van der Waals surface area (Å²) < 4.78 is 23.5. The van der Waals surface area contributed by atoms with Crippen LogP contribution >= 0.6 is 11.8 Å². The molecule has 0 spiro atoms. The van der Waals surface area contributed by atoms with E-state index in [4.69, 9.17) is 9.15 Å². The highest BCUT2D eigenvalue weighted by molar-refractivity contribution is 7.99. The molecule has 0 fully saturated rings. The van der Waals surface area contributed by atoms with Crippen molar-refractivity contribution in [3.8, 4) is 29.0 Å². The Morgan fingerprint density at radius 1 is 1.06 bits per heavy atom. The van der Waals surface area contributed by atoms with E-state index >= 15 is 0 Å². The van der Waals surface area contributed by atoms with Gasteiger partial charge in [0.15, 0.2) is 6.61 Å². The topological polar surface area (TPSA) is 85.5 Å². The number of phenolic OH excluding ortho intramolecular Hbond substituents is 1. The molecular weight excluding hydrogens is 419 g/mol. The number of thioether (sulfide) groups is 1. The van der Waals surface area contributed by atoms with Crippen molar-refractivity contribution in [2.75, 3.05) is 12.4 Å². The van der Waals surface area contributed by atoms with Crippen molar-refractivity contribution in [1.82, 2.24) is 10.2 Å². The van der Waals surface area contributed by atoms with E-state index in [1.54, 1.807) is 12.1 Å². The van der Waals surface area contributed by atoms with Crippen LogP contribution in [0.4, 0.5) is 4.39 Å². The summed E-state index contributed by atoms with van der Waals surface area (Å²) >= 11 is 1.22. The van der Waals surface area contributed by atoms with E-state index < -0.39 is 11.8 Å². The molecule has 0 saturated heterocycles. The number of hydrogen-bond acceptors (Lipinski definition) is 7. The molecule has 0 unspecified atom stereocenters. The molecule has 0 saturated carbocycles. The van der Waals surface area contributed by atoms with Crippen LogP contribution in [0.3, 0.4) is 0 Å². The summed E-state index contributed by atoms with van der Waals surface area (Å²) in [5.41, 5.74) is 0.713. The fourth-order valence-corrected chi connectivity index (χ4v) is 3.28. The molecule has 0 bridgehead atoms. The molecule has 154 valence electrons. The molecule has 4 rings (SSSR count). The molecule has 6 nitrogen and oxygen atoms in total. The van der Waals surface area contributed by atoms with E-state index in [2.05, 4.69) is 22.0 Å². The smallest absolute Gasteiger partial charge is 0.339 e. The fourth-order valence-electron chi connectivity index (χ4n) is 2.75. The summed E-state index contributed by atoms with van der Waals surface area (Å²) in [5, 5.41) is 20.4. The first-order valence-electron chi connectivity index (χ1n) is 9.17. The maximum absolute atomic E-state index is 12.9. The van der Waals surface area contributed by atoms with Crippen LogP contribution in [0.25, 0.3) is 22.2 Å². The van der Waals surface area contributed by atoms with Crippen LogP contribution < -0.4 is 0 Å². The minimum atomic E-state index is -0.571. The number of rotatable bonds is 5. The van der Waals surface area contributed by atoms with E-state index in [9.17, 15) is 14.3 Å². The highest BCUT2D eigenvalue weighted by Gasteiger charge is 2.14. The molecule has 3 aromatic carbocycles. The molecule has 1 aromatic heterocycles. The molecule has 0 atom stereocenters. The summed E-state index contributed by atoms with van der Waals surface area (Å²) in [6.07, 6.45) is 0. The van der Waals surface area contributed by atoms with Crippen LogP contribution in [0.15, 0.2) is 70.3 Å². The number of fused-ring (bicyclic) bond motifs is 1. The molecule has 31 heavy (non-hydrogen) atoms. The first-order valence-corrected chi connectivity index (χ1v) is 10.2. The summed E-state index contributed by atoms with van der Waals surface area (Å²) in [6, 6.07) is 16.2. The highest BCUT2D eigenvalue weighted by Crippen LogP contribution is 2.33. The van der Waals surface area contributed by atoms with Gasteiger partial charge in [-0.25, -0.2) is 9.18 Å². The average molecular weight is 434 g/mol. The number of ether oxygens (including phenoxy) is 1. The SMILES string of the molecule is O=C(OCC#CCSc1nnc(-c2cc3ccccc3cc2O)o1)c1ccc(F)cc1. The van der Waals surface area contributed by atoms with Gasteiger partial charge in [0, 0.05) is 0 Å². The van der Waals surface area contributed by atoms with Gasteiger partial charge in [0.25, 0.3) is 11.1 Å². The molecule has 0 aliphatic heterocycles. The number of hydrogen-bond donors (Lipinski definition) is 1. The van der Waals surface area contributed by atoms with Crippen molar-refractivity contribution in [2.45, 2.75) is 5.22 Å². The standard InChI is InChI=1S/C23H15FN2O4S/c24-18-9-7-15(8-10-18)22(28)29-11-3-4-12-31-23-26-25-21(30-23)19-13-16-5-1-2-6-17(16)14-20(19)27/h1-2,5-10,13-14,27H,11-12H2. The highest BCUT2D eigenvalue weighted by atomic mass is 32.2. The first kappa shape index (κ1) is 20.4. The number of nitrogens with zero attached hydrogens (tertiary/aromatic N) is 2. The van der Waals surface area contributed by atoms with Gasteiger partial charge in [-0.1, -0.05) is 47.9 Å². The number of halogens is 1. The molecule has 0 amide bonds. The van der Waals surface area contributed by atoms with Crippen molar-refractivity contribution in [3.63, 3.8) is 0 Å². The van der Waals surface area contributed by atoms with Crippen molar-refractivity contribution in [1.29, 1.82) is 0 Å². The third kappa shape index (κ3) is 5.02. The van der Waals surface area contributed by atoms with Crippen LogP contribution in [-0.4, -0.2) is 33.6 Å². The van der Waals surface area contributed by atoms with Crippen LogP contribution in [-0.2, 0) is 4.74 Å². The van der Waals surface area contributed by atoms with Crippen LogP contribution in [0, 0.1) is 17.7 Å². The number of carbonyl (C=O) groups is 1. The Kier molecular flexibility index (Phi) is 6.15. The molecule has 0 aliphatic carbocycles. The van der Waals surface area contributed by atoms with Gasteiger partial charge in [0.2, 0.25) is 0 Å². The van der Waals surface area contributed by atoms with Gasteiger partial charge in [-0.2, -0.15) is 0 Å². The Labute approximate surface area is 181 Å². The molecule has 8 heteroatoms. The zero-order valence-electron chi connectivity index (χ0n) is 16.0. The van der Waals surface area contributed by atoms with Gasteiger partial charge >= 0.3 is 5.97 Å². The molecule has 0 aliphatic rings. The number of benzene rings is 3. The maximum Gasteiger partial charge on any atom is 0.339 e. The molecule has 4 aromatic rings. The number of aromatic nitrogens is 2. The lowest BCUT2D eigenvalue weighted by Gasteiger charge is -2.03. The van der Waals surface area contributed by atoms with E-state index in [-0.39, 0.29) is 23.8 Å². The Bertz CT molecular complexity index is 1290. The molecule has 1 heterocycles. The van der Waals surface area contributed by atoms with Gasteiger partial charge in [0.05, 0.1) is 16.9 Å². The third-order valence-corrected chi connectivity index (χ3v) is 4.95. The summed E-state index contributed by atoms with van der Waals surface area (Å²) in [7, 11) is 0. The first-order chi connectivity index (χ1) is 15.1. The second-order valence-corrected chi connectivity index (χ2v) is 7.24. The molecular formula is C23H15FN2O4S. The van der Waals surface area contributed by atoms with E-state index in [1.807, 2.05) is 24.3 Å². The van der Waals surface area contributed by atoms with Crippen LogP contribution in [0.1, 0.15) is 10.4 Å². The second-order valence-electron chi connectivity index (χ2n) is 6.31. The van der Waals surface area contributed by atoms with E-state index in [0.717, 1.165) is 10.8 Å². The van der Waals surface area contributed by atoms with E-state index in [1.165, 1.54) is 36.0 Å². The Hall–Kier alpha value is -3.83. The minimum absolute atomic E-state index is 0.0571. The predicted octanol–water partition coefficient (Wildman–Crippen LogP) is 4.69. The zero-order chi connectivity index (χ0) is 21.6. The zero-order valence-corrected chi connectivity index (χ0v) is 16.9. The normalized spacial score (nSPS) is 10.5. The Morgan fingerprint density at radius 3 is 2.58 bits per heavy atom. The quantitative estimate of drug-likeness (QED) is 0.277. The van der Waals surface area contributed by atoms with Crippen molar-refractivity contribution < 1.29 is 23.4 Å².